The van der Waals surface area contributed by atoms with Crippen LogP contribution in [0.4, 0.5) is 13.2 Å². The maximum absolute atomic E-state index is 12.9. The molecule has 1 N–H and O–H groups in total. The zero-order valence-electron chi connectivity index (χ0n) is 16.1. The Morgan fingerprint density at radius 3 is 2.71 bits per heavy atom. The molecule has 31 heavy (non-hydrogen) atoms. The van der Waals surface area contributed by atoms with Gasteiger partial charge in [-0.2, -0.15) is 13.2 Å². The standard InChI is InChI=1S/C20H18F3N3O3S2/c21-20(22,23)13-5-3-6-14(11-13)31(28,29)24-12-18(27)26-10-4-8-16(26)19-25-15-7-1-2-9-17(15)30-19/h1-3,5-7,9,11,16,24H,4,8,10,12H2. The molecular formula is C20H18F3N3O3S2. The van der Waals surface area contributed by atoms with Crippen LogP contribution >= 0.6 is 11.3 Å². The van der Waals surface area contributed by atoms with Gasteiger partial charge in [0.15, 0.2) is 0 Å². The molecule has 1 atom stereocenters. The van der Waals surface area contributed by atoms with Crippen molar-refractivity contribution in [2.45, 2.75) is 30.0 Å². The Hall–Kier alpha value is -2.50. The molecule has 1 aliphatic rings. The number of nitrogens with one attached hydrogen (secondary N) is 1. The number of thiazole rings is 1. The summed E-state index contributed by atoms with van der Waals surface area (Å²) in [4.78, 5) is 18.4. The van der Waals surface area contributed by atoms with E-state index in [0.29, 0.717) is 19.0 Å². The van der Waals surface area contributed by atoms with E-state index in [9.17, 15) is 26.4 Å². The smallest absolute Gasteiger partial charge is 0.332 e. The second-order valence-corrected chi connectivity index (χ2v) is 9.94. The number of sulfonamides is 1. The van der Waals surface area contributed by atoms with Crippen LogP contribution in [0.5, 0.6) is 0 Å². The molecule has 2 heterocycles. The van der Waals surface area contributed by atoms with Crippen molar-refractivity contribution in [1.82, 2.24) is 14.6 Å². The Kier molecular flexibility index (Phi) is 5.75. The van der Waals surface area contributed by atoms with Gasteiger partial charge in [0, 0.05) is 6.54 Å². The number of hydrogen-bond acceptors (Lipinski definition) is 5. The van der Waals surface area contributed by atoms with Crippen LogP contribution < -0.4 is 4.72 Å². The summed E-state index contributed by atoms with van der Waals surface area (Å²) >= 11 is 1.49. The fraction of sp³-hybridized carbons (Fsp3) is 0.300. The fourth-order valence-electron chi connectivity index (χ4n) is 3.54. The number of amides is 1. The van der Waals surface area contributed by atoms with Crippen molar-refractivity contribution in [2.75, 3.05) is 13.1 Å². The zero-order chi connectivity index (χ0) is 22.2. The molecule has 0 bridgehead atoms. The summed E-state index contributed by atoms with van der Waals surface area (Å²) in [6.45, 7) is -0.0787. The highest BCUT2D eigenvalue weighted by atomic mass is 32.2. The first-order chi connectivity index (χ1) is 14.6. The molecule has 1 saturated heterocycles. The summed E-state index contributed by atoms with van der Waals surface area (Å²) in [5.74, 6) is -0.447. The van der Waals surface area contributed by atoms with Crippen LogP contribution in [0.2, 0.25) is 0 Å². The molecule has 1 fully saturated rings. The average molecular weight is 470 g/mol. The number of carbonyl (C=O) groups excluding carboxylic acids is 1. The first kappa shape index (κ1) is 21.7. The van der Waals surface area contributed by atoms with Crippen molar-refractivity contribution in [1.29, 1.82) is 0 Å². The summed E-state index contributed by atoms with van der Waals surface area (Å²) in [5.41, 5.74) is -0.232. The largest absolute Gasteiger partial charge is 0.416 e. The van der Waals surface area contributed by atoms with Gasteiger partial charge in [-0.1, -0.05) is 18.2 Å². The van der Waals surface area contributed by atoms with Gasteiger partial charge in [-0.15, -0.1) is 11.3 Å². The molecule has 3 aromatic rings. The van der Waals surface area contributed by atoms with Gasteiger partial charge in [-0.3, -0.25) is 4.79 Å². The van der Waals surface area contributed by atoms with E-state index in [1.54, 1.807) is 4.90 Å². The Bertz CT molecular complexity index is 1190. The third kappa shape index (κ3) is 4.58. The highest BCUT2D eigenvalue weighted by Crippen LogP contribution is 2.36. The van der Waals surface area contributed by atoms with Crippen molar-refractivity contribution in [2.24, 2.45) is 0 Å². The minimum Gasteiger partial charge on any atom is -0.332 e. The molecule has 6 nitrogen and oxygen atoms in total. The number of fused-ring (bicyclic) bond motifs is 1. The highest BCUT2D eigenvalue weighted by Gasteiger charge is 2.34. The van der Waals surface area contributed by atoms with E-state index in [1.165, 1.54) is 11.3 Å². The van der Waals surface area contributed by atoms with E-state index in [4.69, 9.17) is 0 Å². The van der Waals surface area contributed by atoms with Gasteiger partial charge >= 0.3 is 6.18 Å². The zero-order valence-corrected chi connectivity index (χ0v) is 17.7. The average Bonchev–Trinajstić information content (AvgIpc) is 3.38. The molecule has 0 saturated carbocycles. The number of likely N-dealkylation sites (tertiary alicyclic amines) is 1. The van der Waals surface area contributed by atoms with Crippen LogP contribution in [-0.2, 0) is 21.0 Å². The Morgan fingerprint density at radius 2 is 1.97 bits per heavy atom. The molecule has 1 aromatic heterocycles. The van der Waals surface area contributed by atoms with E-state index < -0.39 is 39.1 Å². The lowest BCUT2D eigenvalue weighted by molar-refractivity contribution is -0.137. The highest BCUT2D eigenvalue weighted by molar-refractivity contribution is 7.89. The van der Waals surface area contributed by atoms with Gasteiger partial charge in [0.2, 0.25) is 15.9 Å². The molecule has 4 rings (SSSR count). The number of benzene rings is 2. The number of alkyl halides is 3. The van der Waals surface area contributed by atoms with Crippen molar-refractivity contribution in [3.8, 4) is 0 Å². The van der Waals surface area contributed by atoms with Crippen LogP contribution in [-0.4, -0.2) is 37.3 Å². The van der Waals surface area contributed by atoms with Crippen LogP contribution in [0, 0.1) is 0 Å². The van der Waals surface area contributed by atoms with Crippen molar-refractivity contribution < 1.29 is 26.4 Å². The summed E-state index contributed by atoms with van der Waals surface area (Å²) in [7, 11) is -4.28. The maximum atomic E-state index is 12.9. The van der Waals surface area contributed by atoms with E-state index in [0.717, 1.165) is 39.8 Å². The number of halogens is 3. The maximum Gasteiger partial charge on any atom is 0.416 e. The molecule has 164 valence electrons. The SMILES string of the molecule is O=C(CNS(=O)(=O)c1cccc(C(F)(F)F)c1)N1CCCC1c1nc2ccccc2s1. The Morgan fingerprint density at radius 1 is 1.19 bits per heavy atom. The van der Waals surface area contributed by atoms with E-state index >= 15 is 0 Å². The van der Waals surface area contributed by atoms with Gasteiger partial charge in [0.25, 0.3) is 0 Å². The molecule has 1 aliphatic heterocycles. The minimum absolute atomic E-state index is 0.247. The predicted molar refractivity (Wildman–Crippen MR) is 110 cm³/mol. The summed E-state index contributed by atoms with van der Waals surface area (Å²) in [6.07, 6.45) is -3.19. The van der Waals surface area contributed by atoms with Crippen LogP contribution in [0.25, 0.3) is 10.2 Å². The number of nitrogens with zero attached hydrogens (tertiary/aromatic N) is 2. The minimum atomic E-state index is -4.67. The van der Waals surface area contributed by atoms with Crippen molar-refractivity contribution >= 4 is 37.5 Å². The molecule has 11 heteroatoms. The molecule has 1 unspecified atom stereocenters. The quantitative estimate of drug-likeness (QED) is 0.614. The molecule has 1 amide bonds. The monoisotopic (exact) mass is 469 g/mol. The molecule has 0 spiro atoms. The van der Waals surface area contributed by atoms with Crippen LogP contribution in [0.1, 0.15) is 29.5 Å². The molecule has 0 aliphatic carbocycles. The summed E-state index contributed by atoms with van der Waals surface area (Å²) in [5, 5.41) is 0.785. The first-order valence-corrected chi connectivity index (χ1v) is 11.8. The van der Waals surface area contributed by atoms with Gasteiger partial charge in [0.05, 0.1) is 33.3 Å². The van der Waals surface area contributed by atoms with Gasteiger partial charge < -0.3 is 4.90 Å². The van der Waals surface area contributed by atoms with Crippen LogP contribution in [0.15, 0.2) is 53.4 Å². The lowest BCUT2D eigenvalue weighted by Gasteiger charge is -2.23. The Balaban J connectivity index is 1.47. The first-order valence-electron chi connectivity index (χ1n) is 9.47. The number of rotatable bonds is 5. The third-order valence-electron chi connectivity index (χ3n) is 5.05. The number of carbonyl (C=O) groups is 1. The number of hydrogen-bond donors (Lipinski definition) is 1. The summed E-state index contributed by atoms with van der Waals surface area (Å²) in [6, 6.07) is 10.8. The van der Waals surface area contributed by atoms with Gasteiger partial charge in [0.1, 0.15) is 5.01 Å². The van der Waals surface area contributed by atoms with Crippen LogP contribution in [0.3, 0.4) is 0 Å². The summed E-state index contributed by atoms with van der Waals surface area (Å²) < 4.78 is 66.6. The fourth-order valence-corrected chi connectivity index (χ4v) is 5.67. The molecular weight excluding hydrogens is 451 g/mol. The number of para-hydroxylation sites is 1. The normalized spacial score (nSPS) is 17.4. The van der Waals surface area contributed by atoms with E-state index in [-0.39, 0.29) is 6.04 Å². The predicted octanol–water partition coefficient (Wildman–Crippen LogP) is 3.96. The number of aromatic nitrogens is 1. The lowest BCUT2D eigenvalue weighted by Crippen LogP contribution is -2.39. The van der Waals surface area contributed by atoms with Crippen molar-refractivity contribution in [3.05, 3.63) is 59.1 Å². The third-order valence-corrected chi connectivity index (χ3v) is 7.59. The van der Waals surface area contributed by atoms with Gasteiger partial charge in [-0.05, 0) is 43.2 Å². The second-order valence-electron chi connectivity index (χ2n) is 7.12. The Labute approximate surface area is 180 Å². The van der Waals surface area contributed by atoms with Gasteiger partial charge in [-0.25, -0.2) is 18.1 Å². The second kappa shape index (κ2) is 8.21. The topological polar surface area (TPSA) is 79.4 Å². The lowest BCUT2D eigenvalue weighted by atomic mass is 10.2. The van der Waals surface area contributed by atoms with E-state index in [1.807, 2.05) is 24.3 Å². The van der Waals surface area contributed by atoms with E-state index in [2.05, 4.69) is 9.71 Å². The molecule has 2 aromatic carbocycles. The van der Waals surface area contributed by atoms with Crippen molar-refractivity contribution in [3.63, 3.8) is 0 Å². The molecule has 0 radical (unpaired) electrons.